The minimum atomic E-state index is -0.208. The smallest absolute Gasteiger partial charge is 0.319 e. The first-order chi connectivity index (χ1) is 10.6. The summed E-state index contributed by atoms with van der Waals surface area (Å²) in [7, 11) is 1.64. The fourth-order valence-electron chi connectivity index (χ4n) is 2.28. The number of methoxy groups -OCH3 is 1. The lowest BCUT2D eigenvalue weighted by atomic mass is 9.96. The second-order valence-electron chi connectivity index (χ2n) is 5.46. The quantitative estimate of drug-likeness (QED) is 0.868. The molecule has 0 aromatic heterocycles. The van der Waals surface area contributed by atoms with Gasteiger partial charge < -0.3 is 15.4 Å². The maximum Gasteiger partial charge on any atom is 0.319 e. The Labute approximate surface area is 131 Å². The van der Waals surface area contributed by atoms with Gasteiger partial charge in [-0.2, -0.15) is 0 Å². The molecule has 0 fully saturated rings. The Morgan fingerprint density at radius 3 is 2.18 bits per heavy atom. The fraction of sp³-hybridized carbons (Fsp3) is 0.278. The van der Waals surface area contributed by atoms with Crippen LogP contribution in [0.25, 0.3) is 0 Å². The number of hydrogen-bond donors (Lipinski definition) is 2. The van der Waals surface area contributed by atoms with Gasteiger partial charge in [0, 0.05) is 5.69 Å². The minimum absolute atomic E-state index is 0.0605. The van der Waals surface area contributed by atoms with Gasteiger partial charge in [-0.25, -0.2) is 4.79 Å². The van der Waals surface area contributed by atoms with E-state index < -0.39 is 0 Å². The molecular formula is C18H22N2O2. The third kappa shape index (κ3) is 4.25. The SMILES string of the molecule is COc1ccc(C(NC(=O)Nc2ccccc2)C(C)C)cc1. The monoisotopic (exact) mass is 298 g/mol. The van der Waals surface area contributed by atoms with Crippen LogP contribution in [-0.2, 0) is 0 Å². The molecule has 0 heterocycles. The number of carbonyl (C=O) groups excluding carboxylic acids is 1. The zero-order valence-electron chi connectivity index (χ0n) is 13.2. The van der Waals surface area contributed by atoms with Gasteiger partial charge in [-0.05, 0) is 35.7 Å². The summed E-state index contributed by atoms with van der Waals surface area (Å²) in [6, 6.07) is 16.9. The summed E-state index contributed by atoms with van der Waals surface area (Å²) in [4.78, 5) is 12.2. The van der Waals surface area contributed by atoms with E-state index in [-0.39, 0.29) is 18.0 Å². The first kappa shape index (κ1) is 15.9. The molecule has 1 unspecified atom stereocenters. The molecule has 4 nitrogen and oxygen atoms in total. The predicted molar refractivity (Wildman–Crippen MR) is 89.2 cm³/mol. The van der Waals surface area contributed by atoms with Crippen LogP contribution in [-0.4, -0.2) is 13.1 Å². The molecule has 116 valence electrons. The van der Waals surface area contributed by atoms with Crippen molar-refractivity contribution in [3.05, 3.63) is 60.2 Å². The van der Waals surface area contributed by atoms with E-state index in [0.29, 0.717) is 0 Å². The molecule has 0 bridgehead atoms. The van der Waals surface area contributed by atoms with Gasteiger partial charge in [0.05, 0.1) is 13.2 Å². The fourth-order valence-corrected chi connectivity index (χ4v) is 2.28. The number of hydrogen-bond acceptors (Lipinski definition) is 2. The second kappa shape index (κ2) is 7.50. The molecule has 4 heteroatoms. The van der Waals surface area contributed by atoms with E-state index in [9.17, 15) is 4.79 Å². The van der Waals surface area contributed by atoms with Crippen LogP contribution in [0.15, 0.2) is 54.6 Å². The van der Waals surface area contributed by atoms with Gasteiger partial charge in [-0.15, -0.1) is 0 Å². The van der Waals surface area contributed by atoms with Gasteiger partial charge in [0.2, 0.25) is 0 Å². The van der Waals surface area contributed by atoms with Gasteiger partial charge in [0.1, 0.15) is 5.75 Å². The molecule has 0 spiro atoms. The number of para-hydroxylation sites is 1. The predicted octanol–water partition coefficient (Wildman–Crippen LogP) is 4.21. The summed E-state index contributed by atoms with van der Waals surface area (Å²) in [6.07, 6.45) is 0. The summed E-state index contributed by atoms with van der Waals surface area (Å²) >= 11 is 0. The molecule has 0 radical (unpaired) electrons. The molecule has 22 heavy (non-hydrogen) atoms. The highest BCUT2D eigenvalue weighted by Gasteiger charge is 2.18. The molecule has 1 atom stereocenters. The topological polar surface area (TPSA) is 50.4 Å². The molecule has 0 saturated heterocycles. The van der Waals surface area contributed by atoms with Crippen LogP contribution in [0.5, 0.6) is 5.75 Å². The highest BCUT2D eigenvalue weighted by molar-refractivity contribution is 5.89. The van der Waals surface area contributed by atoms with E-state index in [1.807, 2.05) is 54.6 Å². The van der Waals surface area contributed by atoms with Crippen molar-refractivity contribution in [3.8, 4) is 5.75 Å². The molecule has 2 aromatic rings. The van der Waals surface area contributed by atoms with Crippen molar-refractivity contribution in [1.82, 2.24) is 5.32 Å². The molecule has 0 saturated carbocycles. The third-order valence-electron chi connectivity index (χ3n) is 3.46. The van der Waals surface area contributed by atoms with Gasteiger partial charge in [-0.1, -0.05) is 44.2 Å². The number of ether oxygens (including phenoxy) is 1. The number of urea groups is 1. The van der Waals surface area contributed by atoms with Crippen molar-refractivity contribution >= 4 is 11.7 Å². The van der Waals surface area contributed by atoms with Crippen LogP contribution >= 0.6 is 0 Å². The van der Waals surface area contributed by atoms with Crippen molar-refractivity contribution in [3.63, 3.8) is 0 Å². The molecule has 0 aliphatic heterocycles. The summed E-state index contributed by atoms with van der Waals surface area (Å²) in [5.74, 6) is 1.08. The van der Waals surface area contributed by atoms with E-state index in [4.69, 9.17) is 4.74 Å². The number of anilines is 1. The Kier molecular flexibility index (Phi) is 5.42. The average Bonchev–Trinajstić information content (AvgIpc) is 2.53. The molecule has 0 aliphatic carbocycles. The third-order valence-corrected chi connectivity index (χ3v) is 3.46. The molecule has 2 aromatic carbocycles. The zero-order chi connectivity index (χ0) is 15.9. The average molecular weight is 298 g/mol. The van der Waals surface area contributed by atoms with Gasteiger partial charge in [0.25, 0.3) is 0 Å². The van der Waals surface area contributed by atoms with E-state index in [1.54, 1.807) is 7.11 Å². The van der Waals surface area contributed by atoms with Crippen molar-refractivity contribution < 1.29 is 9.53 Å². The molecule has 2 N–H and O–H groups in total. The van der Waals surface area contributed by atoms with Gasteiger partial charge in [-0.3, -0.25) is 0 Å². The van der Waals surface area contributed by atoms with Crippen LogP contribution in [0.1, 0.15) is 25.5 Å². The Balaban J connectivity index is 2.06. The standard InChI is InChI=1S/C18H22N2O2/c1-13(2)17(14-9-11-16(22-3)12-10-14)20-18(21)19-15-7-5-4-6-8-15/h4-13,17H,1-3H3,(H2,19,20,21). The normalized spacial score (nSPS) is 11.8. The molecule has 0 aliphatic rings. The van der Waals surface area contributed by atoms with Gasteiger partial charge in [0.15, 0.2) is 0 Å². The van der Waals surface area contributed by atoms with Crippen LogP contribution < -0.4 is 15.4 Å². The minimum Gasteiger partial charge on any atom is -0.497 e. The van der Waals surface area contributed by atoms with Crippen molar-refractivity contribution in [2.45, 2.75) is 19.9 Å². The number of carbonyl (C=O) groups is 1. The van der Waals surface area contributed by atoms with E-state index in [0.717, 1.165) is 17.0 Å². The first-order valence-corrected chi connectivity index (χ1v) is 7.36. The molecule has 2 rings (SSSR count). The van der Waals surface area contributed by atoms with Crippen molar-refractivity contribution in [2.24, 2.45) is 5.92 Å². The second-order valence-corrected chi connectivity index (χ2v) is 5.46. The van der Waals surface area contributed by atoms with Crippen molar-refractivity contribution in [2.75, 3.05) is 12.4 Å². The van der Waals surface area contributed by atoms with Crippen LogP contribution in [0.2, 0.25) is 0 Å². The summed E-state index contributed by atoms with van der Waals surface area (Å²) in [5, 5.41) is 5.87. The summed E-state index contributed by atoms with van der Waals surface area (Å²) in [6.45, 7) is 4.16. The number of benzene rings is 2. The Morgan fingerprint density at radius 2 is 1.64 bits per heavy atom. The summed E-state index contributed by atoms with van der Waals surface area (Å²) < 4.78 is 5.17. The maximum atomic E-state index is 12.2. The van der Waals surface area contributed by atoms with Gasteiger partial charge >= 0.3 is 6.03 Å². The van der Waals surface area contributed by atoms with E-state index in [2.05, 4.69) is 24.5 Å². The Hall–Kier alpha value is -2.49. The van der Waals surface area contributed by atoms with Crippen LogP contribution in [0, 0.1) is 5.92 Å². The van der Waals surface area contributed by atoms with Crippen LogP contribution in [0.4, 0.5) is 10.5 Å². The Bertz CT molecular complexity index is 594. The highest BCUT2D eigenvalue weighted by Crippen LogP contribution is 2.24. The van der Waals surface area contributed by atoms with E-state index >= 15 is 0 Å². The largest absolute Gasteiger partial charge is 0.497 e. The number of rotatable bonds is 5. The number of amides is 2. The first-order valence-electron chi connectivity index (χ1n) is 7.36. The van der Waals surface area contributed by atoms with Crippen molar-refractivity contribution in [1.29, 1.82) is 0 Å². The Morgan fingerprint density at radius 1 is 1.00 bits per heavy atom. The molecular weight excluding hydrogens is 276 g/mol. The lowest BCUT2D eigenvalue weighted by Crippen LogP contribution is -2.35. The van der Waals surface area contributed by atoms with Crippen LogP contribution in [0.3, 0.4) is 0 Å². The lowest BCUT2D eigenvalue weighted by molar-refractivity contribution is 0.244. The molecule has 2 amide bonds. The maximum absolute atomic E-state index is 12.2. The lowest BCUT2D eigenvalue weighted by Gasteiger charge is -2.23. The number of nitrogens with one attached hydrogen (secondary N) is 2. The highest BCUT2D eigenvalue weighted by atomic mass is 16.5. The zero-order valence-corrected chi connectivity index (χ0v) is 13.2. The summed E-state index contributed by atoms with van der Waals surface area (Å²) in [5.41, 5.74) is 1.83. The van der Waals surface area contributed by atoms with E-state index in [1.165, 1.54) is 0 Å².